The van der Waals surface area contributed by atoms with Crippen LogP contribution in [0.15, 0.2) is 53.5 Å². The van der Waals surface area contributed by atoms with Gasteiger partial charge in [0.25, 0.3) is 0 Å². The third-order valence-corrected chi connectivity index (χ3v) is 5.37. The van der Waals surface area contributed by atoms with Crippen molar-refractivity contribution in [2.75, 3.05) is 5.32 Å². The molecule has 0 aliphatic carbocycles. The lowest BCUT2D eigenvalue weighted by molar-refractivity contribution is -0.122. The number of ketones is 1. The number of amides is 2. The number of hydrogen-bond donors (Lipinski definition) is 2. The first-order chi connectivity index (χ1) is 13.4. The topological polar surface area (TPSA) is 87.6 Å². The third-order valence-electron chi connectivity index (χ3n) is 4.25. The number of benzene rings is 2. The predicted molar refractivity (Wildman–Crippen MR) is 112 cm³/mol. The van der Waals surface area contributed by atoms with E-state index >= 15 is 0 Å². The van der Waals surface area contributed by atoms with Crippen LogP contribution in [0.5, 0.6) is 0 Å². The van der Waals surface area contributed by atoms with E-state index in [9.17, 15) is 14.4 Å². The molecule has 2 amide bonds. The molecule has 1 aliphatic heterocycles. The maximum atomic E-state index is 12.2. The van der Waals surface area contributed by atoms with E-state index in [1.807, 2.05) is 31.2 Å². The van der Waals surface area contributed by atoms with E-state index in [0.29, 0.717) is 23.0 Å². The normalized spacial score (nSPS) is 17.4. The van der Waals surface area contributed by atoms with Crippen LogP contribution >= 0.6 is 11.8 Å². The summed E-state index contributed by atoms with van der Waals surface area (Å²) in [6, 6.07) is 14.7. The number of hydrogen-bond acceptors (Lipinski definition) is 5. The second-order valence-electron chi connectivity index (χ2n) is 6.59. The molecule has 2 aromatic rings. The Bertz CT molecular complexity index is 921. The van der Waals surface area contributed by atoms with Gasteiger partial charge in [0.2, 0.25) is 11.8 Å². The molecule has 0 aromatic heterocycles. The number of rotatable bonds is 6. The summed E-state index contributed by atoms with van der Waals surface area (Å²) in [5.41, 5.74) is 3.41. The number of amidine groups is 1. The zero-order valence-corrected chi connectivity index (χ0v) is 16.5. The van der Waals surface area contributed by atoms with E-state index < -0.39 is 5.25 Å². The fourth-order valence-corrected chi connectivity index (χ4v) is 3.61. The first-order valence-corrected chi connectivity index (χ1v) is 9.77. The fourth-order valence-electron chi connectivity index (χ4n) is 2.64. The smallest absolute Gasteiger partial charge is 0.240 e. The number of aryl methyl sites for hydroxylation is 1. The van der Waals surface area contributed by atoms with E-state index in [4.69, 9.17) is 0 Å². The van der Waals surface area contributed by atoms with Gasteiger partial charge in [-0.1, -0.05) is 41.6 Å². The molecule has 144 valence electrons. The first-order valence-electron chi connectivity index (χ1n) is 8.89. The lowest BCUT2D eigenvalue weighted by atomic mass is 10.1. The molecule has 3 rings (SSSR count). The molecular formula is C21H21N3O3S. The summed E-state index contributed by atoms with van der Waals surface area (Å²) >= 11 is 1.27. The molecule has 1 fully saturated rings. The Morgan fingerprint density at radius 3 is 2.43 bits per heavy atom. The highest BCUT2D eigenvalue weighted by Gasteiger charge is 2.31. The number of carbonyl (C=O) groups excluding carboxylic acids is 3. The second-order valence-corrected chi connectivity index (χ2v) is 7.78. The highest BCUT2D eigenvalue weighted by molar-refractivity contribution is 8.15. The van der Waals surface area contributed by atoms with Gasteiger partial charge in [0.15, 0.2) is 11.0 Å². The van der Waals surface area contributed by atoms with Gasteiger partial charge < -0.3 is 10.6 Å². The molecule has 7 heteroatoms. The minimum absolute atomic E-state index is 0.0330. The van der Waals surface area contributed by atoms with Crippen molar-refractivity contribution in [2.24, 2.45) is 4.99 Å². The number of thioether (sulfide) groups is 1. The SMILES string of the molecule is CC(=O)c1ccc(NC(=O)C[C@H]2SC(=NCc3ccc(C)cc3)NC2=O)cc1. The van der Waals surface area contributed by atoms with E-state index in [2.05, 4.69) is 15.6 Å². The zero-order chi connectivity index (χ0) is 20.1. The van der Waals surface area contributed by atoms with Crippen molar-refractivity contribution in [3.63, 3.8) is 0 Å². The van der Waals surface area contributed by atoms with E-state index in [-0.39, 0.29) is 24.0 Å². The molecule has 0 unspecified atom stereocenters. The summed E-state index contributed by atoms with van der Waals surface area (Å²) < 4.78 is 0. The number of aliphatic imine (C=N–C) groups is 1. The molecule has 2 aromatic carbocycles. The van der Waals surface area contributed by atoms with Crippen LogP contribution in [0.3, 0.4) is 0 Å². The maximum absolute atomic E-state index is 12.2. The van der Waals surface area contributed by atoms with Crippen LogP contribution in [0.1, 0.15) is 34.8 Å². The number of nitrogens with zero attached hydrogens (tertiary/aromatic N) is 1. The maximum Gasteiger partial charge on any atom is 0.240 e. The highest BCUT2D eigenvalue weighted by atomic mass is 32.2. The van der Waals surface area contributed by atoms with Crippen LogP contribution in [0, 0.1) is 6.92 Å². The molecule has 1 heterocycles. The van der Waals surface area contributed by atoms with Crippen molar-refractivity contribution in [3.05, 3.63) is 65.2 Å². The Kier molecular flexibility index (Phi) is 6.26. The number of anilines is 1. The molecule has 0 bridgehead atoms. The van der Waals surface area contributed by atoms with Gasteiger partial charge in [0.05, 0.1) is 6.54 Å². The minimum atomic E-state index is -0.506. The van der Waals surface area contributed by atoms with Crippen molar-refractivity contribution >= 4 is 40.2 Å². The highest BCUT2D eigenvalue weighted by Crippen LogP contribution is 2.23. The van der Waals surface area contributed by atoms with Gasteiger partial charge in [0, 0.05) is 17.7 Å². The van der Waals surface area contributed by atoms with Crippen LogP contribution in [0.25, 0.3) is 0 Å². The molecular weight excluding hydrogens is 374 g/mol. The number of nitrogens with one attached hydrogen (secondary N) is 2. The average Bonchev–Trinajstić information content (AvgIpc) is 3.01. The monoisotopic (exact) mass is 395 g/mol. The van der Waals surface area contributed by atoms with Crippen molar-refractivity contribution < 1.29 is 14.4 Å². The van der Waals surface area contributed by atoms with Crippen molar-refractivity contribution in [1.29, 1.82) is 0 Å². The molecule has 1 atom stereocenters. The standard InChI is InChI=1S/C21H21N3O3S/c1-13-3-5-15(6-4-13)12-22-21-24-20(27)18(28-21)11-19(26)23-17-9-7-16(8-10-17)14(2)25/h3-10,18H,11-12H2,1-2H3,(H,23,26)(H,22,24,27)/t18-/m1/s1. The molecule has 0 spiro atoms. The fraction of sp³-hybridized carbons (Fsp3) is 0.238. The Labute approximate surface area is 167 Å². The van der Waals surface area contributed by atoms with Gasteiger partial charge in [-0.05, 0) is 43.7 Å². The van der Waals surface area contributed by atoms with Crippen LogP contribution < -0.4 is 10.6 Å². The average molecular weight is 395 g/mol. The molecule has 1 aliphatic rings. The summed E-state index contributed by atoms with van der Waals surface area (Å²) in [6.07, 6.45) is 0.0501. The van der Waals surface area contributed by atoms with Crippen molar-refractivity contribution in [2.45, 2.75) is 32.1 Å². The van der Waals surface area contributed by atoms with Gasteiger partial charge in [-0.15, -0.1) is 0 Å². The third kappa shape index (κ3) is 5.29. The number of carbonyl (C=O) groups is 3. The van der Waals surface area contributed by atoms with Crippen LogP contribution in [-0.4, -0.2) is 28.0 Å². The van der Waals surface area contributed by atoms with Crippen molar-refractivity contribution in [3.8, 4) is 0 Å². The summed E-state index contributed by atoms with van der Waals surface area (Å²) in [6.45, 7) is 3.99. The van der Waals surface area contributed by atoms with E-state index in [1.165, 1.54) is 24.2 Å². The number of Topliss-reactive ketones (excluding diaryl/α,β-unsaturated/α-hetero) is 1. The van der Waals surface area contributed by atoms with Gasteiger partial charge in [-0.25, -0.2) is 0 Å². The molecule has 0 saturated carbocycles. The first kappa shape index (κ1) is 19.8. The molecule has 1 saturated heterocycles. The Morgan fingerprint density at radius 2 is 1.79 bits per heavy atom. The van der Waals surface area contributed by atoms with Gasteiger partial charge in [-0.3, -0.25) is 19.4 Å². The lowest BCUT2D eigenvalue weighted by Gasteiger charge is -2.07. The second kappa shape index (κ2) is 8.84. The summed E-state index contributed by atoms with van der Waals surface area (Å²) in [5.74, 6) is -0.507. The predicted octanol–water partition coefficient (Wildman–Crippen LogP) is 3.31. The van der Waals surface area contributed by atoms with Crippen LogP contribution in [-0.2, 0) is 16.1 Å². The van der Waals surface area contributed by atoms with E-state index in [0.717, 1.165) is 5.56 Å². The summed E-state index contributed by atoms with van der Waals surface area (Å²) in [4.78, 5) is 40.1. The minimum Gasteiger partial charge on any atom is -0.326 e. The quantitative estimate of drug-likeness (QED) is 0.735. The van der Waals surface area contributed by atoms with Crippen LogP contribution in [0.4, 0.5) is 5.69 Å². The molecule has 6 nitrogen and oxygen atoms in total. The van der Waals surface area contributed by atoms with Gasteiger partial charge in [-0.2, -0.15) is 0 Å². The molecule has 2 N–H and O–H groups in total. The largest absolute Gasteiger partial charge is 0.326 e. The Hall–Kier alpha value is -2.93. The van der Waals surface area contributed by atoms with Gasteiger partial charge in [0.1, 0.15) is 5.25 Å². The lowest BCUT2D eigenvalue weighted by Crippen LogP contribution is -2.28. The zero-order valence-electron chi connectivity index (χ0n) is 15.7. The Balaban J connectivity index is 1.53. The van der Waals surface area contributed by atoms with Crippen LogP contribution in [0.2, 0.25) is 0 Å². The van der Waals surface area contributed by atoms with Crippen molar-refractivity contribution in [1.82, 2.24) is 5.32 Å². The summed E-state index contributed by atoms with van der Waals surface area (Å²) in [5, 5.41) is 5.51. The molecule has 0 radical (unpaired) electrons. The molecule has 28 heavy (non-hydrogen) atoms. The summed E-state index contributed by atoms with van der Waals surface area (Å²) in [7, 11) is 0. The Morgan fingerprint density at radius 1 is 1.11 bits per heavy atom. The van der Waals surface area contributed by atoms with Gasteiger partial charge >= 0.3 is 0 Å². The van der Waals surface area contributed by atoms with E-state index in [1.54, 1.807) is 24.3 Å².